The molecule has 5 nitrogen and oxygen atoms in total. The molecular formula is C21H26N2O3. The van der Waals surface area contributed by atoms with E-state index in [0.717, 1.165) is 17.9 Å². The summed E-state index contributed by atoms with van der Waals surface area (Å²) in [6, 6.07) is 12.0. The van der Waals surface area contributed by atoms with Crippen molar-refractivity contribution in [3.05, 3.63) is 52.4 Å². The van der Waals surface area contributed by atoms with Gasteiger partial charge in [-0.15, -0.1) is 0 Å². The van der Waals surface area contributed by atoms with Crippen LogP contribution in [-0.2, 0) is 13.0 Å². The van der Waals surface area contributed by atoms with Gasteiger partial charge in [0.05, 0.1) is 6.54 Å². The molecule has 5 heteroatoms. The Morgan fingerprint density at radius 2 is 2.00 bits per heavy atom. The molecule has 0 amide bonds. The van der Waals surface area contributed by atoms with Crippen molar-refractivity contribution >= 4 is 0 Å². The van der Waals surface area contributed by atoms with Gasteiger partial charge in [-0.3, -0.25) is 9.36 Å². The molecule has 1 aromatic carbocycles. The SMILES string of the molecule is CCc1cc(=O)nc2n1CC(C(Oc1ccccc1)C1CCCCC1)O2. The van der Waals surface area contributed by atoms with Gasteiger partial charge < -0.3 is 9.47 Å². The quantitative estimate of drug-likeness (QED) is 0.823. The molecule has 1 saturated carbocycles. The van der Waals surface area contributed by atoms with Crippen LogP contribution >= 0.6 is 0 Å². The van der Waals surface area contributed by atoms with Crippen LogP contribution in [0.25, 0.3) is 0 Å². The number of aromatic nitrogens is 2. The lowest BCUT2D eigenvalue weighted by atomic mass is 9.83. The third-order valence-electron chi connectivity index (χ3n) is 5.55. The third-order valence-corrected chi connectivity index (χ3v) is 5.55. The Morgan fingerprint density at radius 3 is 2.73 bits per heavy atom. The average molecular weight is 354 g/mol. The van der Waals surface area contributed by atoms with E-state index in [9.17, 15) is 4.79 Å². The van der Waals surface area contributed by atoms with Gasteiger partial charge >= 0.3 is 0 Å². The molecule has 2 aromatic rings. The van der Waals surface area contributed by atoms with Crippen LogP contribution in [0.3, 0.4) is 0 Å². The zero-order valence-corrected chi connectivity index (χ0v) is 15.3. The number of nitrogens with zero attached hydrogens (tertiary/aromatic N) is 2. The van der Waals surface area contributed by atoms with Crippen molar-refractivity contribution in [1.82, 2.24) is 9.55 Å². The normalized spacial score (nSPS) is 21.0. The van der Waals surface area contributed by atoms with Crippen LogP contribution in [0, 0.1) is 5.92 Å². The predicted octanol–water partition coefficient (Wildman–Crippen LogP) is 3.59. The van der Waals surface area contributed by atoms with Gasteiger partial charge in [0.15, 0.2) is 6.10 Å². The Kier molecular flexibility index (Phi) is 4.96. The first-order valence-corrected chi connectivity index (χ1v) is 9.73. The number of fused-ring (bicyclic) bond motifs is 1. The lowest BCUT2D eigenvalue weighted by molar-refractivity contribution is 0.0116. The molecule has 2 unspecified atom stereocenters. The van der Waals surface area contributed by atoms with Crippen LogP contribution in [0.2, 0.25) is 0 Å². The molecule has 1 fully saturated rings. The molecule has 2 aliphatic rings. The van der Waals surface area contributed by atoms with E-state index in [-0.39, 0.29) is 17.8 Å². The summed E-state index contributed by atoms with van der Waals surface area (Å²) in [4.78, 5) is 15.9. The van der Waals surface area contributed by atoms with E-state index in [1.165, 1.54) is 32.1 Å². The molecule has 0 saturated heterocycles. The molecule has 1 aliphatic heterocycles. The molecular weight excluding hydrogens is 328 g/mol. The van der Waals surface area contributed by atoms with Crippen molar-refractivity contribution in [3.8, 4) is 11.8 Å². The minimum absolute atomic E-state index is 0.0285. The topological polar surface area (TPSA) is 53.4 Å². The summed E-state index contributed by atoms with van der Waals surface area (Å²) in [7, 11) is 0. The fraction of sp³-hybridized carbons (Fsp3) is 0.524. The van der Waals surface area contributed by atoms with Gasteiger partial charge in [-0.1, -0.05) is 44.4 Å². The minimum Gasteiger partial charge on any atom is -0.486 e. The smallest absolute Gasteiger partial charge is 0.300 e. The highest BCUT2D eigenvalue weighted by atomic mass is 16.6. The molecule has 2 heterocycles. The van der Waals surface area contributed by atoms with Crippen molar-refractivity contribution in [1.29, 1.82) is 0 Å². The summed E-state index contributed by atoms with van der Waals surface area (Å²) in [6.07, 6.45) is 6.77. The summed E-state index contributed by atoms with van der Waals surface area (Å²) in [5, 5.41) is 0. The Labute approximate surface area is 154 Å². The van der Waals surface area contributed by atoms with Crippen molar-refractivity contribution < 1.29 is 9.47 Å². The van der Waals surface area contributed by atoms with E-state index >= 15 is 0 Å². The molecule has 4 rings (SSSR count). The van der Waals surface area contributed by atoms with Crippen molar-refractivity contribution in [3.63, 3.8) is 0 Å². The fourth-order valence-electron chi connectivity index (χ4n) is 4.23. The van der Waals surface area contributed by atoms with Crippen LogP contribution in [0.15, 0.2) is 41.2 Å². The number of benzene rings is 1. The largest absolute Gasteiger partial charge is 0.486 e. The number of aryl methyl sites for hydroxylation is 1. The van der Waals surface area contributed by atoms with E-state index < -0.39 is 0 Å². The molecule has 2 atom stereocenters. The van der Waals surface area contributed by atoms with Gasteiger partial charge in [0, 0.05) is 11.8 Å². The average Bonchev–Trinajstić information content (AvgIpc) is 3.10. The van der Waals surface area contributed by atoms with Crippen LogP contribution in [0.4, 0.5) is 0 Å². The van der Waals surface area contributed by atoms with Gasteiger partial charge in [-0.05, 0) is 37.3 Å². The molecule has 26 heavy (non-hydrogen) atoms. The Hall–Kier alpha value is -2.30. The van der Waals surface area contributed by atoms with Crippen molar-refractivity contribution in [2.75, 3.05) is 0 Å². The Morgan fingerprint density at radius 1 is 1.23 bits per heavy atom. The zero-order chi connectivity index (χ0) is 17.9. The summed E-state index contributed by atoms with van der Waals surface area (Å²) >= 11 is 0. The highest BCUT2D eigenvalue weighted by molar-refractivity contribution is 5.22. The number of para-hydroxylation sites is 1. The van der Waals surface area contributed by atoms with Crippen molar-refractivity contribution in [2.24, 2.45) is 5.92 Å². The van der Waals surface area contributed by atoms with Gasteiger partial charge in [-0.2, -0.15) is 4.98 Å². The Bertz CT molecular complexity index is 797. The molecule has 1 aromatic heterocycles. The lowest BCUT2D eigenvalue weighted by Crippen LogP contribution is -2.42. The first kappa shape index (κ1) is 17.1. The summed E-state index contributed by atoms with van der Waals surface area (Å²) < 4.78 is 14.6. The number of hydrogen-bond acceptors (Lipinski definition) is 4. The maximum absolute atomic E-state index is 11.8. The van der Waals surface area contributed by atoms with Crippen molar-refractivity contribution in [2.45, 2.75) is 64.2 Å². The second kappa shape index (κ2) is 7.52. The van der Waals surface area contributed by atoms with E-state index in [1.54, 1.807) is 6.07 Å². The summed E-state index contributed by atoms with van der Waals surface area (Å²) in [6.45, 7) is 2.74. The number of ether oxygens (including phenoxy) is 2. The van der Waals surface area contributed by atoms with Crippen LogP contribution in [0.1, 0.15) is 44.7 Å². The summed E-state index contributed by atoms with van der Waals surface area (Å²) in [5.74, 6) is 1.35. The first-order valence-electron chi connectivity index (χ1n) is 9.73. The van der Waals surface area contributed by atoms with Gasteiger partial charge in [0.1, 0.15) is 11.9 Å². The molecule has 0 radical (unpaired) electrons. The Balaban J connectivity index is 1.61. The number of rotatable bonds is 5. The monoisotopic (exact) mass is 354 g/mol. The first-order chi connectivity index (χ1) is 12.7. The maximum Gasteiger partial charge on any atom is 0.300 e. The van der Waals surface area contributed by atoms with E-state index in [0.29, 0.717) is 18.5 Å². The summed E-state index contributed by atoms with van der Waals surface area (Å²) in [5.41, 5.74) is 0.747. The zero-order valence-electron chi connectivity index (χ0n) is 15.3. The minimum atomic E-state index is -0.230. The highest BCUT2D eigenvalue weighted by Gasteiger charge is 2.38. The van der Waals surface area contributed by atoms with Crippen LogP contribution in [-0.4, -0.2) is 21.8 Å². The highest BCUT2D eigenvalue weighted by Crippen LogP contribution is 2.34. The van der Waals surface area contributed by atoms with Gasteiger partial charge in [0.2, 0.25) is 0 Å². The maximum atomic E-state index is 11.8. The van der Waals surface area contributed by atoms with E-state index in [1.807, 2.05) is 34.9 Å². The molecule has 0 N–H and O–H groups in total. The van der Waals surface area contributed by atoms with Gasteiger partial charge in [0.25, 0.3) is 11.6 Å². The van der Waals surface area contributed by atoms with Crippen LogP contribution < -0.4 is 15.0 Å². The molecule has 0 spiro atoms. The van der Waals surface area contributed by atoms with Crippen LogP contribution in [0.5, 0.6) is 11.8 Å². The fourth-order valence-corrected chi connectivity index (χ4v) is 4.23. The predicted molar refractivity (Wildman–Crippen MR) is 99.7 cm³/mol. The second-order valence-corrected chi connectivity index (χ2v) is 7.28. The standard InChI is InChI=1S/C21H26N2O3/c1-2-16-13-19(24)22-21-23(16)14-18(26-21)20(15-9-5-3-6-10-15)25-17-11-7-4-8-12-17/h4,7-8,11-13,15,18,20H,2-3,5-6,9-10,14H2,1H3. The number of hydrogen-bond donors (Lipinski definition) is 0. The van der Waals surface area contributed by atoms with E-state index in [2.05, 4.69) is 11.9 Å². The molecule has 138 valence electrons. The third kappa shape index (κ3) is 3.48. The lowest BCUT2D eigenvalue weighted by Gasteiger charge is -2.33. The molecule has 1 aliphatic carbocycles. The second-order valence-electron chi connectivity index (χ2n) is 7.28. The van der Waals surface area contributed by atoms with E-state index in [4.69, 9.17) is 9.47 Å². The molecule has 0 bridgehead atoms. The van der Waals surface area contributed by atoms with Gasteiger partial charge in [-0.25, -0.2) is 0 Å².